The number of alkyl halides is 3. The molecule has 0 unspecified atom stereocenters. The molecule has 1 aliphatic heterocycles. The number of hydrogen-bond donors (Lipinski definition) is 0. The average molecular weight is 179 g/mol. The number of hydrogen-bond acceptors (Lipinski definition) is 1. The van der Waals surface area contributed by atoms with Crippen LogP contribution in [-0.4, -0.2) is 30.7 Å². The van der Waals surface area contributed by atoms with Crippen LogP contribution >= 0.6 is 0 Å². The van der Waals surface area contributed by atoms with Crippen LogP contribution < -0.4 is 0 Å². The fourth-order valence-corrected chi connectivity index (χ4v) is 2.26. The van der Waals surface area contributed by atoms with Gasteiger partial charge in [-0.1, -0.05) is 6.42 Å². The molecule has 70 valence electrons. The van der Waals surface area contributed by atoms with Crippen LogP contribution in [0.1, 0.15) is 19.3 Å². The summed E-state index contributed by atoms with van der Waals surface area (Å²) < 4.78 is 35.6. The van der Waals surface area contributed by atoms with E-state index in [0.29, 0.717) is 18.5 Å². The van der Waals surface area contributed by atoms with E-state index in [9.17, 15) is 13.2 Å². The van der Waals surface area contributed by atoms with Gasteiger partial charge in [-0.15, -0.1) is 0 Å². The van der Waals surface area contributed by atoms with Crippen molar-refractivity contribution in [1.82, 2.24) is 4.90 Å². The van der Waals surface area contributed by atoms with E-state index in [1.807, 2.05) is 0 Å². The van der Waals surface area contributed by atoms with Gasteiger partial charge in [0, 0.05) is 13.1 Å². The predicted octanol–water partition coefficient (Wildman–Crippen LogP) is 2.03. The molecule has 1 heterocycles. The molecule has 0 amide bonds. The Balaban J connectivity index is 1.74. The standard InChI is InChI=1S/C8H12F3N/c9-8(10,11)6-12-4-7(5-12)2-1-3-7/h1-6H2. The Morgan fingerprint density at radius 2 is 1.75 bits per heavy atom. The summed E-state index contributed by atoms with van der Waals surface area (Å²) in [5.41, 5.74) is 0.311. The minimum Gasteiger partial charge on any atom is -0.294 e. The van der Waals surface area contributed by atoms with E-state index in [1.165, 1.54) is 11.3 Å². The molecule has 0 N–H and O–H groups in total. The molecular formula is C8H12F3N. The monoisotopic (exact) mass is 179 g/mol. The van der Waals surface area contributed by atoms with E-state index >= 15 is 0 Å². The highest BCUT2D eigenvalue weighted by atomic mass is 19.4. The van der Waals surface area contributed by atoms with Crippen molar-refractivity contribution in [1.29, 1.82) is 0 Å². The Kier molecular flexibility index (Phi) is 1.65. The number of halogens is 3. The fourth-order valence-electron chi connectivity index (χ4n) is 2.26. The minimum absolute atomic E-state index is 0.311. The van der Waals surface area contributed by atoms with Gasteiger partial charge in [0.1, 0.15) is 0 Å². The maximum atomic E-state index is 11.9. The van der Waals surface area contributed by atoms with E-state index < -0.39 is 12.7 Å². The Morgan fingerprint density at radius 3 is 2.08 bits per heavy atom. The summed E-state index contributed by atoms with van der Waals surface area (Å²) in [4.78, 5) is 1.50. The molecule has 0 aromatic heterocycles. The largest absolute Gasteiger partial charge is 0.401 e. The highest BCUT2D eigenvalue weighted by Gasteiger charge is 2.49. The van der Waals surface area contributed by atoms with Crippen molar-refractivity contribution in [2.24, 2.45) is 5.41 Å². The van der Waals surface area contributed by atoms with Crippen LogP contribution in [0.15, 0.2) is 0 Å². The van der Waals surface area contributed by atoms with Crippen LogP contribution in [0.2, 0.25) is 0 Å². The molecule has 1 nitrogen and oxygen atoms in total. The van der Waals surface area contributed by atoms with Crippen LogP contribution in [0.5, 0.6) is 0 Å². The molecule has 0 aromatic carbocycles. The molecule has 1 aliphatic carbocycles. The molecule has 1 spiro atoms. The van der Waals surface area contributed by atoms with Crippen LogP contribution in [0.25, 0.3) is 0 Å². The lowest BCUT2D eigenvalue weighted by atomic mass is 9.63. The van der Waals surface area contributed by atoms with E-state index in [-0.39, 0.29) is 0 Å². The van der Waals surface area contributed by atoms with Crippen molar-refractivity contribution in [3.63, 3.8) is 0 Å². The first-order valence-electron chi connectivity index (χ1n) is 4.28. The van der Waals surface area contributed by atoms with E-state index in [1.54, 1.807) is 0 Å². The lowest BCUT2D eigenvalue weighted by Crippen LogP contribution is -2.61. The Hall–Kier alpha value is -0.250. The van der Waals surface area contributed by atoms with Gasteiger partial charge in [0.2, 0.25) is 0 Å². The number of nitrogens with zero attached hydrogens (tertiary/aromatic N) is 1. The predicted molar refractivity (Wildman–Crippen MR) is 38.8 cm³/mol. The van der Waals surface area contributed by atoms with Crippen LogP contribution in [0.4, 0.5) is 13.2 Å². The molecule has 0 radical (unpaired) electrons. The molecule has 1 saturated carbocycles. The van der Waals surface area contributed by atoms with Gasteiger partial charge in [-0.25, -0.2) is 0 Å². The summed E-state index contributed by atoms with van der Waals surface area (Å²) in [7, 11) is 0. The van der Waals surface area contributed by atoms with Gasteiger partial charge < -0.3 is 0 Å². The zero-order chi connectivity index (χ0) is 8.82. The molecule has 0 bridgehead atoms. The first-order valence-corrected chi connectivity index (χ1v) is 4.28. The van der Waals surface area contributed by atoms with Gasteiger partial charge >= 0.3 is 6.18 Å². The normalized spacial score (nSPS) is 28.2. The van der Waals surface area contributed by atoms with Gasteiger partial charge in [-0.05, 0) is 18.3 Å². The maximum Gasteiger partial charge on any atom is 0.401 e. The Bertz CT molecular complexity index is 175. The molecule has 2 aliphatic rings. The molecule has 2 rings (SSSR count). The van der Waals surface area contributed by atoms with Crippen molar-refractivity contribution < 1.29 is 13.2 Å². The topological polar surface area (TPSA) is 3.24 Å². The summed E-state index contributed by atoms with van der Waals surface area (Å²) in [6.07, 6.45) is -0.520. The fraction of sp³-hybridized carbons (Fsp3) is 1.00. The quantitative estimate of drug-likeness (QED) is 0.595. The van der Waals surface area contributed by atoms with Gasteiger partial charge in [0.25, 0.3) is 0 Å². The second-order valence-corrected chi connectivity index (χ2v) is 4.11. The molecule has 0 aromatic rings. The van der Waals surface area contributed by atoms with Crippen molar-refractivity contribution in [3.05, 3.63) is 0 Å². The summed E-state index contributed by atoms with van der Waals surface area (Å²) in [5, 5.41) is 0. The molecule has 2 fully saturated rings. The molecule has 4 heteroatoms. The first-order chi connectivity index (χ1) is 5.49. The molecular weight excluding hydrogens is 167 g/mol. The zero-order valence-electron chi connectivity index (χ0n) is 6.82. The van der Waals surface area contributed by atoms with Crippen molar-refractivity contribution >= 4 is 0 Å². The Labute approximate surface area is 69.5 Å². The molecule has 1 saturated heterocycles. The minimum atomic E-state index is -4.01. The third-order valence-electron chi connectivity index (χ3n) is 2.94. The summed E-state index contributed by atoms with van der Waals surface area (Å²) in [6, 6.07) is 0. The van der Waals surface area contributed by atoms with E-state index in [4.69, 9.17) is 0 Å². The molecule has 12 heavy (non-hydrogen) atoms. The summed E-state index contributed by atoms with van der Waals surface area (Å²) >= 11 is 0. The second kappa shape index (κ2) is 2.37. The third-order valence-corrected chi connectivity index (χ3v) is 2.94. The second-order valence-electron chi connectivity index (χ2n) is 4.11. The number of rotatable bonds is 1. The Morgan fingerprint density at radius 1 is 1.17 bits per heavy atom. The van der Waals surface area contributed by atoms with Crippen molar-refractivity contribution in [3.8, 4) is 0 Å². The highest BCUT2D eigenvalue weighted by Crippen LogP contribution is 2.48. The van der Waals surface area contributed by atoms with Crippen LogP contribution in [-0.2, 0) is 0 Å². The zero-order valence-corrected chi connectivity index (χ0v) is 6.82. The van der Waals surface area contributed by atoms with Gasteiger partial charge in [0.15, 0.2) is 0 Å². The summed E-state index contributed by atoms with van der Waals surface area (Å²) in [6.45, 7) is 0.633. The van der Waals surface area contributed by atoms with E-state index in [0.717, 1.165) is 12.8 Å². The lowest BCUT2D eigenvalue weighted by molar-refractivity contribution is -0.179. The highest BCUT2D eigenvalue weighted by molar-refractivity contribution is 5.00. The maximum absolute atomic E-state index is 11.9. The summed E-state index contributed by atoms with van der Waals surface area (Å²) in [5.74, 6) is 0. The number of likely N-dealkylation sites (tertiary alicyclic amines) is 1. The van der Waals surface area contributed by atoms with Gasteiger partial charge in [-0.2, -0.15) is 13.2 Å². The van der Waals surface area contributed by atoms with Gasteiger partial charge in [-0.3, -0.25) is 4.90 Å². The average Bonchev–Trinajstić information content (AvgIpc) is 1.69. The van der Waals surface area contributed by atoms with Crippen molar-refractivity contribution in [2.75, 3.05) is 19.6 Å². The first kappa shape index (κ1) is 8.35. The SMILES string of the molecule is FC(F)(F)CN1CC2(CCC2)C1. The third kappa shape index (κ3) is 1.44. The van der Waals surface area contributed by atoms with Gasteiger partial charge in [0.05, 0.1) is 6.54 Å². The van der Waals surface area contributed by atoms with Crippen molar-refractivity contribution in [2.45, 2.75) is 25.4 Å². The van der Waals surface area contributed by atoms with Crippen LogP contribution in [0.3, 0.4) is 0 Å². The van der Waals surface area contributed by atoms with E-state index in [2.05, 4.69) is 0 Å². The smallest absolute Gasteiger partial charge is 0.294 e. The molecule has 0 atom stereocenters. The lowest BCUT2D eigenvalue weighted by Gasteiger charge is -2.56. The van der Waals surface area contributed by atoms with Crippen LogP contribution in [0, 0.1) is 5.41 Å².